The molecule has 0 spiro atoms. The van der Waals surface area contributed by atoms with Crippen LogP contribution in [0.3, 0.4) is 0 Å². The number of hydrogen-bond donors (Lipinski definition) is 0. The van der Waals surface area contributed by atoms with Crippen molar-refractivity contribution in [2.75, 3.05) is 6.61 Å². The fraction of sp³-hybridized carbons (Fsp3) is 0.238. The van der Waals surface area contributed by atoms with Gasteiger partial charge in [-0.05, 0) is 24.1 Å². The Hall–Kier alpha value is -3.33. The summed E-state index contributed by atoms with van der Waals surface area (Å²) in [6.45, 7) is 2.43. The number of ether oxygens (including phenoxy) is 2. The highest BCUT2D eigenvalue weighted by Gasteiger charge is 2.27. The van der Waals surface area contributed by atoms with E-state index in [0.717, 1.165) is 12.0 Å². The van der Waals surface area contributed by atoms with E-state index in [1.165, 1.54) is 17.3 Å². The molecular formula is C21H18N4O4S. The molecule has 0 saturated carbocycles. The van der Waals surface area contributed by atoms with E-state index >= 15 is 0 Å². The third-order valence-electron chi connectivity index (χ3n) is 4.61. The highest BCUT2D eigenvalue weighted by atomic mass is 32.2. The van der Waals surface area contributed by atoms with Gasteiger partial charge in [0, 0.05) is 5.56 Å². The van der Waals surface area contributed by atoms with Crippen LogP contribution in [0.5, 0.6) is 11.5 Å². The second kappa shape index (κ2) is 8.19. The predicted octanol–water partition coefficient (Wildman–Crippen LogP) is 4.49. The Bertz CT molecular complexity index is 1140. The fourth-order valence-electron chi connectivity index (χ4n) is 2.99. The van der Waals surface area contributed by atoms with Crippen LogP contribution in [0.1, 0.15) is 30.4 Å². The van der Waals surface area contributed by atoms with Crippen molar-refractivity contribution in [3.63, 3.8) is 0 Å². The summed E-state index contributed by atoms with van der Waals surface area (Å²) >= 11 is 1.33. The van der Waals surface area contributed by atoms with Gasteiger partial charge in [0.1, 0.15) is 6.61 Å². The van der Waals surface area contributed by atoms with E-state index in [1.807, 2.05) is 36.4 Å². The molecule has 0 bridgehead atoms. The molecule has 0 N–H and O–H groups in total. The lowest BCUT2D eigenvalue weighted by Gasteiger charge is -2.23. The summed E-state index contributed by atoms with van der Waals surface area (Å²) < 4.78 is 22.7. The van der Waals surface area contributed by atoms with E-state index in [-0.39, 0.29) is 0 Å². The number of aromatic nitrogens is 4. The molecule has 0 radical (unpaired) electrons. The van der Waals surface area contributed by atoms with E-state index in [9.17, 15) is 0 Å². The van der Waals surface area contributed by atoms with Crippen molar-refractivity contribution in [1.82, 2.24) is 20.3 Å². The topological polar surface area (TPSA) is 96.3 Å². The third-order valence-corrected chi connectivity index (χ3v) is 5.42. The number of nitrogens with zero attached hydrogens (tertiary/aromatic N) is 4. The second-order valence-electron chi connectivity index (χ2n) is 6.62. The van der Waals surface area contributed by atoms with Crippen molar-refractivity contribution in [3.05, 3.63) is 65.9 Å². The van der Waals surface area contributed by atoms with Crippen LogP contribution >= 0.6 is 11.8 Å². The van der Waals surface area contributed by atoms with Crippen LogP contribution in [-0.2, 0) is 12.2 Å². The first-order chi connectivity index (χ1) is 14.8. The molecule has 9 heteroatoms. The normalized spacial score (nSPS) is 15.3. The van der Waals surface area contributed by atoms with Crippen LogP contribution in [0.25, 0.3) is 11.4 Å². The molecule has 4 aromatic rings. The highest BCUT2D eigenvalue weighted by Crippen LogP contribution is 2.36. The van der Waals surface area contributed by atoms with Gasteiger partial charge in [-0.2, -0.15) is 4.98 Å². The maximum atomic E-state index is 5.89. The molecule has 30 heavy (non-hydrogen) atoms. The van der Waals surface area contributed by atoms with Crippen molar-refractivity contribution in [1.29, 1.82) is 0 Å². The summed E-state index contributed by atoms with van der Waals surface area (Å²) in [6, 6.07) is 15.6. The van der Waals surface area contributed by atoms with E-state index in [0.29, 0.717) is 46.7 Å². The van der Waals surface area contributed by atoms with Gasteiger partial charge in [-0.1, -0.05) is 60.2 Å². The Morgan fingerprint density at radius 2 is 1.87 bits per heavy atom. The van der Waals surface area contributed by atoms with Gasteiger partial charge >= 0.3 is 0 Å². The van der Waals surface area contributed by atoms with Gasteiger partial charge in [0.05, 0.1) is 5.75 Å². The van der Waals surface area contributed by atoms with Gasteiger partial charge in [0.25, 0.3) is 11.1 Å². The van der Waals surface area contributed by atoms with Crippen molar-refractivity contribution in [3.8, 4) is 22.9 Å². The molecule has 0 aliphatic carbocycles. The van der Waals surface area contributed by atoms with Crippen LogP contribution in [0.15, 0.2) is 62.7 Å². The average Bonchev–Trinajstić information content (AvgIpc) is 3.47. The molecule has 1 aliphatic rings. The zero-order valence-electron chi connectivity index (χ0n) is 16.1. The van der Waals surface area contributed by atoms with Crippen LogP contribution < -0.4 is 9.47 Å². The number of hydrogen-bond acceptors (Lipinski definition) is 9. The maximum absolute atomic E-state index is 5.89. The lowest BCUT2D eigenvalue weighted by atomic mass is 10.1. The van der Waals surface area contributed by atoms with Gasteiger partial charge in [0.15, 0.2) is 11.5 Å². The lowest BCUT2D eigenvalue weighted by molar-refractivity contribution is 0.0686. The maximum Gasteiger partial charge on any atom is 0.277 e. The average molecular weight is 422 g/mol. The van der Waals surface area contributed by atoms with Crippen LogP contribution in [0.4, 0.5) is 0 Å². The molecule has 5 rings (SSSR count). The summed E-state index contributed by atoms with van der Waals surface area (Å²) in [5.74, 6) is 3.21. The largest absolute Gasteiger partial charge is 0.485 e. The molecular weight excluding hydrogens is 404 g/mol. The Balaban J connectivity index is 1.21. The first kappa shape index (κ1) is 18.7. The number of rotatable bonds is 6. The third kappa shape index (κ3) is 3.88. The van der Waals surface area contributed by atoms with Crippen molar-refractivity contribution < 1.29 is 18.4 Å². The summed E-state index contributed by atoms with van der Waals surface area (Å²) in [4.78, 5) is 4.44. The standard InChI is InChI=1S/C21H18N4O4S/c1-2-13-7-9-14(10-8-13)19-22-18(29-25-19)12-30-21-24-23-20(28-21)17-11-26-15-5-3-4-6-16(15)27-17/h3-10,17H,2,11-12H2,1H3. The minimum absolute atomic E-state index is 0.313. The summed E-state index contributed by atoms with van der Waals surface area (Å²) in [5, 5.41) is 12.6. The molecule has 1 unspecified atom stereocenters. The van der Waals surface area contributed by atoms with E-state index in [2.05, 4.69) is 39.4 Å². The highest BCUT2D eigenvalue weighted by molar-refractivity contribution is 7.98. The number of thioether (sulfide) groups is 1. The van der Waals surface area contributed by atoms with Crippen molar-refractivity contribution >= 4 is 11.8 Å². The fourth-order valence-corrected chi connectivity index (χ4v) is 3.60. The molecule has 8 nitrogen and oxygen atoms in total. The van der Waals surface area contributed by atoms with E-state index < -0.39 is 6.10 Å². The summed E-state index contributed by atoms with van der Waals surface area (Å²) in [7, 11) is 0. The van der Waals surface area contributed by atoms with Gasteiger partial charge in [-0.3, -0.25) is 0 Å². The summed E-state index contributed by atoms with van der Waals surface area (Å²) in [6.07, 6.45) is 0.549. The molecule has 0 amide bonds. The van der Waals surface area contributed by atoms with Gasteiger partial charge in [-0.15, -0.1) is 10.2 Å². The molecule has 0 fully saturated rings. The van der Waals surface area contributed by atoms with Crippen LogP contribution in [0, 0.1) is 0 Å². The minimum atomic E-state index is -0.442. The monoisotopic (exact) mass is 422 g/mol. The Morgan fingerprint density at radius 1 is 1.03 bits per heavy atom. The lowest BCUT2D eigenvalue weighted by Crippen LogP contribution is -2.21. The molecule has 1 atom stereocenters. The first-order valence-corrected chi connectivity index (χ1v) is 10.5. The second-order valence-corrected chi connectivity index (χ2v) is 7.55. The minimum Gasteiger partial charge on any atom is -0.485 e. The molecule has 0 saturated heterocycles. The van der Waals surface area contributed by atoms with E-state index in [4.69, 9.17) is 18.4 Å². The van der Waals surface area contributed by atoms with Gasteiger partial charge in [0.2, 0.25) is 17.8 Å². The number of aryl methyl sites for hydroxylation is 1. The Kier molecular flexibility index (Phi) is 5.10. The molecule has 1 aliphatic heterocycles. The SMILES string of the molecule is CCc1ccc(-c2noc(CSc3nnc(C4COc5ccccc5O4)o3)n2)cc1. The molecule has 3 heterocycles. The number of fused-ring (bicyclic) bond motifs is 1. The quantitative estimate of drug-likeness (QED) is 0.416. The predicted molar refractivity (Wildman–Crippen MR) is 108 cm³/mol. The number of benzene rings is 2. The van der Waals surface area contributed by atoms with Crippen molar-refractivity contribution in [2.45, 2.75) is 30.4 Å². The smallest absolute Gasteiger partial charge is 0.277 e. The van der Waals surface area contributed by atoms with Gasteiger partial charge < -0.3 is 18.4 Å². The van der Waals surface area contributed by atoms with Gasteiger partial charge in [-0.25, -0.2) is 0 Å². The van der Waals surface area contributed by atoms with E-state index in [1.54, 1.807) is 0 Å². The summed E-state index contributed by atoms with van der Waals surface area (Å²) in [5.41, 5.74) is 2.18. The molecule has 2 aromatic heterocycles. The van der Waals surface area contributed by atoms with Crippen LogP contribution in [-0.4, -0.2) is 26.9 Å². The Morgan fingerprint density at radius 3 is 2.70 bits per heavy atom. The zero-order valence-corrected chi connectivity index (χ0v) is 17.0. The first-order valence-electron chi connectivity index (χ1n) is 9.55. The van der Waals surface area contributed by atoms with Crippen LogP contribution in [0.2, 0.25) is 0 Å². The zero-order chi connectivity index (χ0) is 20.3. The number of para-hydroxylation sites is 2. The molecule has 152 valence electrons. The Labute approximate surface area is 176 Å². The molecule has 2 aromatic carbocycles. The van der Waals surface area contributed by atoms with Crippen molar-refractivity contribution in [2.24, 2.45) is 0 Å².